The molecule has 2 aliphatic heterocycles. The minimum atomic E-state index is -0.730. The zero-order valence-corrected chi connectivity index (χ0v) is 18.4. The first-order valence-electron chi connectivity index (χ1n) is 11.4. The van der Waals surface area contributed by atoms with Crippen molar-refractivity contribution >= 4 is 11.6 Å². The number of hydrogen-bond donors (Lipinski definition) is 1. The number of benzene rings is 2. The van der Waals surface area contributed by atoms with Crippen LogP contribution in [0.1, 0.15) is 24.8 Å². The average Bonchev–Trinajstić information content (AvgIpc) is 2.83. The number of piperazine rings is 1. The molecule has 2 heterocycles. The molecule has 0 radical (unpaired) electrons. The molecule has 2 aromatic carbocycles. The monoisotopic (exact) mass is 443 g/mol. The minimum Gasteiger partial charge on any atom is -0.381 e. The molecule has 5 nitrogen and oxygen atoms in total. The van der Waals surface area contributed by atoms with Gasteiger partial charge in [-0.3, -0.25) is 9.69 Å². The summed E-state index contributed by atoms with van der Waals surface area (Å²) in [6.07, 6.45) is 1.95. The lowest BCUT2D eigenvalue weighted by molar-refractivity contribution is -0.130. The molecule has 0 unspecified atom stereocenters. The smallest absolute Gasteiger partial charge is 0.230 e. The molecule has 0 aliphatic carbocycles. The second-order valence-electron chi connectivity index (χ2n) is 8.59. The molecular weight excluding hydrogens is 412 g/mol. The van der Waals surface area contributed by atoms with Crippen LogP contribution in [0, 0.1) is 11.6 Å². The van der Waals surface area contributed by atoms with Gasteiger partial charge in [-0.05, 0) is 55.6 Å². The number of nitrogens with zero attached hydrogens (tertiary/aromatic N) is 2. The van der Waals surface area contributed by atoms with Crippen LogP contribution in [0.2, 0.25) is 0 Å². The Labute approximate surface area is 188 Å². The van der Waals surface area contributed by atoms with E-state index in [9.17, 15) is 13.6 Å². The van der Waals surface area contributed by atoms with Crippen LogP contribution in [0.15, 0.2) is 48.5 Å². The highest BCUT2D eigenvalue weighted by molar-refractivity contribution is 5.88. The van der Waals surface area contributed by atoms with Crippen molar-refractivity contribution in [3.8, 4) is 0 Å². The van der Waals surface area contributed by atoms with Crippen molar-refractivity contribution in [3.05, 3.63) is 65.7 Å². The van der Waals surface area contributed by atoms with E-state index in [1.54, 1.807) is 12.1 Å². The number of hydrogen-bond acceptors (Lipinski definition) is 4. The summed E-state index contributed by atoms with van der Waals surface area (Å²) < 4.78 is 33.3. The van der Waals surface area contributed by atoms with Crippen LogP contribution < -0.4 is 10.2 Å². The summed E-state index contributed by atoms with van der Waals surface area (Å²) in [5.41, 5.74) is 0.659. The molecule has 0 spiro atoms. The number of para-hydroxylation sites is 1. The van der Waals surface area contributed by atoms with Crippen molar-refractivity contribution in [2.75, 3.05) is 57.4 Å². The molecule has 2 aromatic rings. The van der Waals surface area contributed by atoms with Gasteiger partial charge in [-0.15, -0.1) is 0 Å². The summed E-state index contributed by atoms with van der Waals surface area (Å²) in [5.74, 6) is -0.546. The average molecular weight is 444 g/mol. The van der Waals surface area contributed by atoms with Gasteiger partial charge in [0.2, 0.25) is 5.91 Å². The number of nitrogens with one attached hydrogen (secondary N) is 1. The predicted octanol–water partition coefficient (Wildman–Crippen LogP) is 3.34. The van der Waals surface area contributed by atoms with Gasteiger partial charge in [-0.1, -0.05) is 24.3 Å². The third kappa shape index (κ3) is 5.10. The van der Waals surface area contributed by atoms with Gasteiger partial charge in [-0.2, -0.15) is 0 Å². The highest BCUT2D eigenvalue weighted by Crippen LogP contribution is 2.35. The number of carbonyl (C=O) groups excluding carboxylic acids is 1. The normalized spacial score (nSPS) is 19.0. The maximum atomic E-state index is 14.0. The SMILES string of the molecule is O=C(NCCCN1CCN(c2ccccc2F)CC1)C1(c2cccc(F)c2)CCOCC1. The molecule has 4 rings (SSSR count). The van der Waals surface area contributed by atoms with Gasteiger partial charge in [0.15, 0.2) is 0 Å². The Kier molecular flexibility index (Phi) is 7.37. The molecule has 0 bridgehead atoms. The number of anilines is 1. The maximum absolute atomic E-state index is 14.0. The second kappa shape index (κ2) is 10.4. The molecule has 1 N–H and O–H groups in total. The van der Waals surface area contributed by atoms with Gasteiger partial charge >= 0.3 is 0 Å². The van der Waals surface area contributed by atoms with Crippen LogP contribution in [0.25, 0.3) is 0 Å². The van der Waals surface area contributed by atoms with Gasteiger partial charge in [0.1, 0.15) is 11.6 Å². The van der Waals surface area contributed by atoms with E-state index >= 15 is 0 Å². The van der Waals surface area contributed by atoms with Gasteiger partial charge in [0.05, 0.1) is 11.1 Å². The van der Waals surface area contributed by atoms with Crippen LogP contribution in [0.4, 0.5) is 14.5 Å². The first-order valence-corrected chi connectivity index (χ1v) is 11.4. The maximum Gasteiger partial charge on any atom is 0.230 e. The fraction of sp³-hybridized carbons (Fsp3) is 0.480. The van der Waals surface area contributed by atoms with Gasteiger partial charge in [0.25, 0.3) is 0 Å². The Morgan fingerprint density at radius 3 is 2.47 bits per heavy atom. The van der Waals surface area contributed by atoms with Gasteiger partial charge in [0, 0.05) is 45.9 Å². The zero-order valence-electron chi connectivity index (χ0n) is 18.4. The van der Waals surface area contributed by atoms with Crippen molar-refractivity contribution in [2.24, 2.45) is 0 Å². The van der Waals surface area contributed by atoms with Gasteiger partial charge < -0.3 is 15.0 Å². The summed E-state index contributed by atoms with van der Waals surface area (Å²) >= 11 is 0. The van der Waals surface area contributed by atoms with Crippen LogP contribution in [-0.4, -0.2) is 63.3 Å². The van der Waals surface area contributed by atoms with E-state index in [4.69, 9.17) is 4.74 Å². The largest absolute Gasteiger partial charge is 0.381 e. The molecule has 1 amide bonds. The molecule has 2 aliphatic rings. The van der Waals surface area contributed by atoms with E-state index in [1.165, 1.54) is 18.2 Å². The zero-order chi connectivity index (χ0) is 22.4. The summed E-state index contributed by atoms with van der Waals surface area (Å²) in [7, 11) is 0. The minimum absolute atomic E-state index is 0.0456. The quantitative estimate of drug-likeness (QED) is 0.667. The van der Waals surface area contributed by atoms with Crippen LogP contribution in [-0.2, 0) is 14.9 Å². The highest BCUT2D eigenvalue weighted by Gasteiger charge is 2.41. The summed E-state index contributed by atoms with van der Waals surface area (Å²) in [6, 6.07) is 13.3. The first kappa shape index (κ1) is 22.7. The van der Waals surface area contributed by atoms with E-state index < -0.39 is 5.41 Å². The van der Waals surface area contributed by atoms with E-state index in [-0.39, 0.29) is 17.5 Å². The lowest BCUT2D eigenvalue weighted by atomic mass is 9.73. The van der Waals surface area contributed by atoms with Crippen molar-refractivity contribution in [1.29, 1.82) is 0 Å². The summed E-state index contributed by atoms with van der Waals surface area (Å²) in [4.78, 5) is 17.6. The van der Waals surface area contributed by atoms with Crippen molar-refractivity contribution in [2.45, 2.75) is 24.7 Å². The molecule has 2 saturated heterocycles. The Morgan fingerprint density at radius 2 is 1.75 bits per heavy atom. The first-order chi connectivity index (χ1) is 15.6. The molecule has 2 fully saturated rings. The van der Waals surface area contributed by atoms with Crippen LogP contribution in [0.5, 0.6) is 0 Å². The number of rotatable bonds is 7. The number of carbonyl (C=O) groups is 1. The van der Waals surface area contributed by atoms with E-state index in [0.29, 0.717) is 38.3 Å². The van der Waals surface area contributed by atoms with Crippen molar-refractivity contribution in [1.82, 2.24) is 10.2 Å². The number of halogens is 2. The molecule has 0 aromatic heterocycles. The fourth-order valence-electron chi connectivity index (χ4n) is 4.75. The number of amides is 1. The van der Waals surface area contributed by atoms with E-state index in [1.807, 2.05) is 18.2 Å². The van der Waals surface area contributed by atoms with Gasteiger partial charge in [-0.25, -0.2) is 8.78 Å². The summed E-state index contributed by atoms with van der Waals surface area (Å²) in [6.45, 7) is 5.75. The Hall–Kier alpha value is -2.51. The molecule has 7 heteroatoms. The van der Waals surface area contributed by atoms with Crippen LogP contribution in [0.3, 0.4) is 0 Å². The van der Waals surface area contributed by atoms with E-state index in [2.05, 4.69) is 15.1 Å². The standard InChI is InChI=1S/C25H31F2N3O2/c26-21-6-3-5-20(19-21)25(9-17-32-18-10-25)24(31)28-11-4-12-29-13-15-30(16-14-29)23-8-2-1-7-22(23)27/h1-3,5-8,19H,4,9-18H2,(H,28,31). The Balaban J connectivity index is 1.25. The van der Waals surface area contributed by atoms with Crippen LogP contribution >= 0.6 is 0 Å². The Morgan fingerprint density at radius 1 is 1.00 bits per heavy atom. The predicted molar refractivity (Wildman–Crippen MR) is 121 cm³/mol. The molecule has 0 saturated carbocycles. The third-order valence-corrected chi connectivity index (χ3v) is 6.66. The lowest BCUT2D eigenvalue weighted by Crippen LogP contribution is -2.49. The fourth-order valence-corrected chi connectivity index (χ4v) is 4.75. The summed E-state index contributed by atoms with van der Waals surface area (Å²) in [5, 5.41) is 3.09. The lowest BCUT2D eigenvalue weighted by Gasteiger charge is -2.37. The molecule has 172 valence electrons. The Bertz CT molecular complexity index is 910. The van der Waals surface area contributed by atoms with Crippen molar-refractivity contribution in [3.63, 3.8) is 0 Å². The molecular formula is C25H31F2N3O2. The van der Waals surface area contributed by atoms with Crippen molar-refractivity contribution < 1.29 is 18.3 Å². The number of ether oxygens (including phenoxy) is 1. The topological polar surface area (TPSA) is 44.8 Å². The third-order valence-electron chi connectivity index (χ3n) is 6.66. The molecule has 0 atom stereocenters. The second-order valence-corrected chi connectivity index (χ2v) is 8.59. The molecule has 32 heavy (non-hydrogen) atoms. The highest BCUT2D eigenvalue weighted by atomic mass is 19.1. The van der Waals surface area contributed by atoms with E-state index in [0.717, 1.165) is 44.7 Å².